The van der Waals surface area contributed by atoms with Gasteiger partial charge in [0.1, 0.15) is 0 Å². The van der Waals surface area contributed by atoms with Crippen molar-refractivity contribution in [2.75, 3.05) is 18.5 Å². The molecule has 1 amide bonds. The SMILES string of the molecule is CC1(C)OC(=O)C(=CNc2cccc(C(=O)NCC3CCCO3)c2)C(=O)O1. The molecule has 0 radical (unpaired) electrons. The van der Waals surface area contributed by atoms with Crippen LogP contribution in [0, 0.1) is 0 Å². The molecule has 2 fully saturated rings. The smallest absolute Gasteiger partial charge is 0.350 e. The van der Waals surface area contributed by atoms with Crippen molar-refractivity contribution in [2.45, 2.75) is 38.6 Å². The summed E-state index contributed by atoms with van der Waals surface area (Å²) in [7, 11) is 0. The first-order valence-corrected chi connectivity index (χ1v) is 8.77. The Balaban J connectivity index is 1.62. The summed E-state index contributed by atoms with van der Waals surface area (Å²) in [4.78, 5) is 36.1. The summed E-state index contributed by atoms with van der Waals surface area (Å²) in [5.41, 5.74) is 0.742. The molecule has 1 unspecified atom stereocenters. The van der Waals surface area contributed by atoms with Gasteiger partial charge in [-0.05, 0) is 31.0 Å². The predicted octanol–water partition coefficient (Wildman–Crippen LogP) is 1.73. The van der Waals surface area contributed by atoms with Crippen LogP contribution in [0.4, 0.5) is 5.69 Å². The van der Waals surface area contributed by atoms with Gasteiger partial charge in [-0.3, -0.25) is 4.79 Å². The quantitative estimate of drug-likeness (QED) is 0.460. The number of cyclic esters (lactones) is 2. The summed E-state index contributed by atoms with van der Waals surface area (Å²) in [5, 5.41) is 5.67. The summed E-state index contributed by atoms with van der Waals surface area (Å²) in [6, 6.07) is 6.69. The minimum atomic E-state index is -1.29. The van der Waals surface area contributed by atoms with Crippen molar-refractivity contribution < 1.29 is 28.6 Å². The molecule has 0 aliphatic carbocycles. The predicted molar refractivity (Wildman–Crippen MR) is 95.7 cm³/mol. The molecule has 0 bridgehead atoms. The third-order valence-corrected chi connectivity index (χ3v) is 4.14. The second-order valence-electron chi connectivity index (χ2n) is 6.81. The number of amides is 1. The van der Waals surface area contributed by atoms with Gasteiger partial charge < -0.3 is 24.8 Å². The molecule has 0 saturated carbocycles. The minimum absolute atomic E-state index is 0.0626. The second kappa shape index (κ2) is 7.79. The number of hydrogen-bond acceptors (Lipinski definition) is 7. The van der Waals surface area contributed by atoms with E-state index in [0.717, 1.165) is 19.4 Å². The van der Waals surface area contributed by atoms with Crippen molar-refractivity contribution in [1.82, 2.24) is 5.32 Å². The lowest BCUT2D eigenvalue weighted by Crippen LogP contribution is -2.42. The molecule has 2 N–H and O–H groups in total. The van der Waals surface area contributed by atoms with Gasteiger partial charge in [-0.15, -0.1) is 0 Å². The molecule has 27 heavy (non-hydrogen) atoms. The van der Waals surface area contributed by atoms with E-state index in [1.165, 1.54) is 20.0 Å². The highest BCUT2D eigenvalue weighted by Gasteiger charge is 2.38. The van der Waals surface area contributed by atoms with Crippen molar-refractivity contribution in [3.63, 3.8) is 0 Å². The van der Waals surface area contributed by atoms with Crippen LogP contribution >= 0.6 is 0 Å². The van der Waals surface area contributed by atoms with Crippen LogP contribution in [-0.2, 0) is 23.8 Å². The first-order valence-electron chi connectivity index (χ1n) is 8.77. The molecular formula is C19H22N2O6. The van der Waals surface area contributed by atoms with Gasteiger partial charge in [0.25, 0.3) is 11.7 Å². The van der Waals surface area contributed by atoms with Gasteiger partial charge >= 0.3 is 11.9 Å². The van der Waals surface area contributed by atoms with Gasteiger partial charge in [-0.2, -0.15) is 0 Å². The molecule has 0 aromatic heterocycles. The van der Waals surface area contributed by atoms with E-state index in [2.05, 4.69) is 10.6 Å². The van der Waals surface area contributed by atoms with Crippen LogP contribution in [-0.4, -0.2) is 42.9 Å². The monoisotopic (exact) mass is 374 g/mol. The van der Waals surface area contributed by atoms with Crippen molar-refractivity contribution >= 4 is 23.5 Å². The Morgan fingerprint density at radius 3 is 2.67 bits per heavy atom. The zero-order valence-electron chi connectivity index (χ0n) is 15.2. The molecule has 0 spiro atoms. The summed E-state index contributed by atoms with van der Waals surface area (Å²) in [5.74, 6) is -3.05. The number of anilines is 1. The number of benzene rings is 1. The van der Waals surface area contributed by atoms with Crippen molar-refractivity contribution in [1.29, 1.82) is 0 Å². The van der Waals surface area contributed by atoms with Crippen LogP contribution in [0.1, 0.15) is 37.0 Å². The van der Waals surface area contributed by atoms with Crippen LogP contribution < -0.4 is 10.6 Å². The van der Waals surface area contributed by atoms with Gasteiger partial charge in [0.15, 0.2) is 5.57 Å². The van der Waals surface area contributed by atoms with Crippen LogP contribution in [0.2, 0.25) is 0 Å². The zero-order chi connectivity index (χ0) is 19.4. The topological polar surface area (TPSA) is 103 Å². The molecule has 1 aromatic carbocycles. The maximum atomic E-state index is 12.3. The summed E-state index contributed by atoms with van der Waals surface area (Å²) < 4.78 is 15.5. The molecule has 2 aliphatic rings. The minimum Gasteiger partial charge on any atom is -0.419 e. The molecule has 2 saturated heterocycles. The van der Waals surface area contributed by atoms with Gasteiger partial charge in [0.05, 0.1) is 6.10 Å². The fourth-order valence-electron chi connectivity index (χ4n) is 2.80. The third kappa shape index (κ3) is 4.85. The average Bonchev–Trinajstić information content (AvgIpc) is 3.11. The molecule has 8 nitrogen and oxygen atoms in total. The maximum Gasteiger partial charge on any atom is 0.350 e. The van der Waals surface area contributed by atoms with Gasteiger partial charge in [0, 0.05) is 44.4 Å². The summed E-state index contributed by atoms with van der Waals surface area (Å²) in [6.45, 7) is 4.15. The molecule has 144 valence electrons. The highest BCUT2D eigenvalue weighted by Crippen LogP contribution is 2.23. The Hall–Kier alpha value is -2.87. The maximum absolute atomic E-state index is 12.3. The Bertz CT molecular complexity index is 758. The Morgan fingerprint density at radius 2 is 2.00 bits per heavy atom. The molecule has 1 aromatic rings. The van der Waals surface area contributed by atoms with E-state index < -0.39 is 17.7 Å². The average molecular weight is 374 g/mol. The zero-order valence-corrected chi connectivity index (χ0v) is 15.2. The molecule has 1 atom stereocenters. The van der Waals surface area contributed by atoms with Crippen molar-refractivity contribution in [3.8, 4) is 0 Å². The normalized spacial score (nSPS) is 21.3. The Labute approximate surface area is 156 Å². The number of hydrogen-bond donors (Lipinski definition) is 2. The summed E-state index contributed by atoms with van der Waals surface area (Å²) in [6.07, 6.45) is 3.23. The fraction of sp³-hybridized carbons (Fsp3) is 0.421. The molecule has 8 heteroatoms. The number of esters is 2. The standard InChI is InChI=1S/C19H22N2O6/c1-19(2)26-17(23)15(18(24)27-19)11-20-13-6-3-5-12(9-13)16(22)21-10-14-7-4-8-25-14/h3,5-6,9,11,14,20H,4,7-8,10H2,1-2H3,(H,21,22). The fourth-order valence-corrected chi connectivity index (χ4v) is 2.80. The number of carbonyl (C=O) groups excluding carboxylic acids is 3. The molecule has 2 heterocycles. The van der Waals surface area contributed by atoms with E-state index in [1.807, 2.05) is 0 Å². The van der Waals surface area contributed by atoms with Gasteiger partial charge in [-0.1, -0.05) is 6.07 Å². The molecule has 2 aliphatic heterocycles. The molecular weight excluding hydrogens is 352 g/mol. The number of carbonyl (C=O) groups is 3. The number of ether oxygens (including phenoxy) is 3. The van der Waals surface area contributed by atoms with E-state index in [1.54, 1.807) is 24.3 Å². The van der Waals surface area contributed by atoms with E-state index >= 15 is 0 Å². The number of nitrogens with one attached hydrogen (secondary N) is 2. The lowest BCUT2D eigenvalue weighted by molar-refractivity contribution is -0.222. The van der Waals surface area contributed by atoms with Crippen LogP contribution in [0.3, 0.4) is 0 Å². The summed E-state index contributed by atoms with van der Waals surface area (Å²) >= 11 is 0. The largest absolute Gasteiger partial charge is 0.419 e. The lowest BCUT2D eigenvalue weighted by Gasteiger charge is -2.29. The third-order valence-electron chi connectivity index (χ3n) is 4.14. The highest BCUT2D eigenvalue weighted by molar-refractivity contribution is 6.15. The van der Waals surface area contributed by atoms with Crippen molar-refractivity contribution in [2.24, 2.45) is 0 Å². The molecule has 3 rings (SSSR count). The first kappa shape index (κ1) is 18.9. The van der Waals surface area contributed by atoms with Gasteiger partial charge in [0.2, 0.25) is 0 Å². The van der Waals surface area contributed by atoms with E-state index in [-0.39, 0.29) is 17.6 Å². The Kier molecular flexibility index (Phi) is 5.46. The van der Waals surface area contributed by atoms with Crippen LogP contribution in [0.5, 0.6) is 0 Å². The van der Waals surface area contributed by atoms with E-state index in [9.17, 15) is 14.4 Å². The Morgan fingerprint density at radius 1 is 1.26 bits per heavy atom. The van der Waals surface area contributed by atoms with E-state index in [4.69, 9.17) is 14.2 Å². The van der Waals surface area contributed by atoms with Crippen LogP contribution in [0.15, 0.2) is 36.0 Å². The first-order chi connectivity index (χ1) is 12.8. The second-order valence-corrected chi connectivity index (χ2v) is 6.81. The lowest BCUT2D eigenvalue weighted by atomic mass is 10.1. The van der Waals surface area contributed by atoms with Crippen LogP contribution in [0.25, 0.3) is 0 Å². The van der Waals surface area contributed by atoms with E-state index in [0.29, 0.717) is 17.8 Å². The van der Waals surface area contributed by atoms with Gasteiger partial charge in [-0.25, -0.2) is 9.59 Å². The number of rotatable bonds is 5. The van der Waals surface area contributed by atoms with Crippen molar-refractivity contribution in [3.05, 3.63) is 41.6 Å². The highest BCUT2D eigenvalue weighted by atomic mass is 16.7.